The molecule has 0 bridgehead atoms. The number of carbonyl (C=O) groups excluding carboxylic acids is 1. The van der Waals surface area contributed by atoms with Crippen LogP contribution in [0.2, 0.25) is 5.02 Å². The van der Waals surface area contributed by atoms with Crippen molar-refractivity contribution in [3.63, 3.8) is 0 Å². The van der Waals surface area contributed by atoms with Gasteiger partial charge in [-0.3, -0.25) is 9.69 Å². The van der Waals surface area contributed by atoms with Crippen molar-refractivity contribution in [3.8, 4) is 5.75 Å². The zero-order valence-electron chi connectivity index (χ0n) is 14.2. The normalized spacial score (nSPS) is 16.3. The summed E-state index contributed by atoms with van der Waals surface area (Å²) in [5.41, 5.74) is 2.21. The van der Waals surface area contributed by atoms with Crippen molar-refractivity contribution in [2.24, 2.45) is 5.92 Å². The molecule has 1 aromatic rings. The lowest BCUT2D eigenvalue weighted by Gasteiger charge is -2.30. The lowest BCUT2D eigenvalue weighted by atomic mass is 9.97. The molecule has 23 heavy (non-hydrogen) atoms. The molecule has 1 aromatic carbocycles. The van der Waals surface area contributed by atoms with Crippen LogP contribution in [0, 0.1) is 19.8 Å². The number of ether oxygens (including phenoxy) is 2. The molecule has 0 unspecified atom stereocenters. The van der Waals surface area contributed by atoms with E-state index in [0.717, 1.165) is 49.4 Å². The van der Waals surface area contributed by atoms with Crippen LogP contribution in [0.1, 0.15) is 30.9 Å². The maximum atomic E-state index is 11.7. The largest absolute Gasteiger partial charge is 0.490 e. The highest BCUT2D eigenvalue weighted by atomic mass is 35.5. The number of aryl methyl sites for hydroxylation is 2. The summed E-state index contributed by atoms with van der Waals surface area (Å²) >= 11 is 6.25. The molecule has 0 N–H and O–H groups in total. The molecule has 0 aliphatic carbocycles. The summed E-state index contributed by atoms with van der Waals surface area (Å²) < 4.78 is 11.0. The zero-order valence-corrected chi connectivity index (χ0v) is 15.0. The molecule has 5 heteroatoms. The van der Waals surface area contributed by atoms with E-state index in [1.807, 2.05) is 26.8 Å². The molecule has 0 atom stereocenters. The Morgan fingerprint density at radius 3 is 2.61 bits per heavy atom. The summed E-state index contributed by atoms with van der Waals surface area (Å²) in [6.07, 6.45) is 1.73. The quantitative estimate of drug-likeness (QED) is 0.742. The molecule has 1 aliphatic rings. The number of hydrogen-bond donors (Lipinski definition) is 0. The highest BCUT2D eigenvalue weighted by Gasteiger charge is 2.25. The fourth-order valence-electron chi connectivity index (χ4n) is 3.01. The molecule has 1 heterocycles. The fraction of sp³-hybridized carbons (Fsp3) is 0.611. The molecule has 0 amide bonds. The average molecular weight is 340 g/mol. The second kappa shape index (κ2) is 8.55. The molecule has 4 nitrogen and oxygen atoms in total. The first-order chi connectivity index (χ1) is 11.0. The standard InChI is InChI=1S/C18H26ClNO3/c1-4-22-18(21)15-5-7-20(8-6-15)9-10-23-17-14(3)11-13(2)12-16(17)19/h11-12,15H,4-10H2,1-3H3. The van der Waals surface area contributed by atoms with Gasteiger partial charge in [0.1, 0.15) is 12.4 Å². The molecular weight excluding hydrogens is 314 g/mol. The predicted molar refractivity (Wildman–Crippen MR) is 92.2 cm³/mol. The number of hydrogen-bond acceptors (Lipinski definition) is 4. The number of esters is 1. The van der Waals surface area contributed by atoms with E-state index in [1.54, 1.807) is 0 Å². The molecule has 1 fully saturated rings. The van der Waals surface area contributed by atoms with Crippen molar-refractivity contribution in [2.75, 3.05) is 32.8 Å². The molecule has 0 saturated carbocycles. The molecule has 2 rings (SSSR count). The van der Waals surface area contributed by atoms with E-state index in [0.29, 0.717) is 18.2 Å². The van der Waals surface area contributed by atoms with E-state index >= 15 is 0 Å². The number of piperidine rings is 1. The van der Waals surface area contributed by atoms with Crippen LogP contribution < -0.4 is 4.74 Å². The van der Waals surface area contributed by atoms with E-state index in [4.69, 9.17) is 21.1 Å². The van der Waals surface area contributed by atoms with Gasteiger partial charge in [-0.2, -0.15) is 0 Å². The Labute approximate surface area is 143 Å². The maximum absolute atomic E-state index is 11.7. The van der Waals surface area contributed by atoms with Crippen LogP contribution in [-0.4, -0.2) is 43.7 Å². The summed E-state index contributed by atoms with van der Waals surface area (Å²) in [6.45, 7) is 9.62. The Morgan fingerprint density at radius 1 is 1.30 bits per heavy atom. The third-order valence-corrected chi connectivity index (χ3v) is 4.52. The monoisotopic (exact) mass is 339 g/mol. The molecule has 0 spiro atoms. The Bertz CT molecular complexity index is 516. The Hall–Kier alpha value is -1.26. The van der Waals surface area contributed by atoms with E-state index in [2.05, 4.69) is 11.0 Å². The van der Waals surface area contributed by atoms with E-state index in [9.17, 15) is 4.79 Å². The first kappa shape index (κ1) is 18.1. The van der Waals surface area contributed by atoms with Gasteiger partial charge in [-0.1, -0.05) is 17.7 Å². The van der Waals surface area contributed by atoms with Crippen LogP contribution in [-0.2, 0) is 9.53 Å². The van der Waals surface area contributed by atoms with Gasteiger partial charge in [-0.05, 0) is 63.9 Å². The van der Waals surface area contributed by atoms with Crippen LogP contribution in [0.4, 0.5) is 0 Å². The highest BCUT2D eigenvalue weighted by molar-refractivity contribution is 6.32. The summed E-state index contributed by atoms with van der Waals surface area (Å²) in [5.74, 6) is 0.782. The maximum Gasteiger partial charge on any atom is 0.309 e. The van der Waals surface area contributed by atoms with Gasteiger partial charge in [0.2, 0.25) is 0 Å². The van der Waals surface area contributed by atoms with Crippen molar-refractivity contribution in [3.05, 3.63) is 28.3 Å². The molecule has 1 aliphatic heterocycles. The summed E-state index contributed by atoms with van der Waals surface area (Å²) in [4.78, 5) is 14.1. The van der Waals surface area contributed by atoms with Crippen LogP contribution in [0.25, 0.3) is 0 Å². The number of benzene rings is 1. The van der Waals surface area contributed by atoms with Gasteiger partial charge in [0.15, 0.2) is 0 Å². The number of nitrogens with zero attached hydrogens (tertiary/aromatic N) is 1. The lowest BCUT2D eigenvalue weighted by molar-refractivity contribution is -0.149. The summed E-state index contributed by atoms with van der Waals surface area (Å²) in [5, 5.41) is 0.670. The van der Waals surface area contributed by atoms with Crippen molar-refractivity contribution in [1.29, 1.82) is 0 Å². The number of carbonyl (C=O) groups is 1. The van der Waals surface area contributed by atoms with E-state index < -0.39 is 0 Å². The fourth-order valence-corrected chi connectivity index (χ4v) is 3.39. The molecule has 1 saturated heterocycles. The third kappa shape index (κ3) is 5.11. The predicted octanol–water partition coefficient (Wildman–Crippen LogP) is 3.61. The Balaban J connectivity index is 1.75. The van der Waals surface area contributed by atoms with Crippen LogP contribution in [0.15, 0.2) is 12.1 Å². The molecule has 0 aromatic heterocycles. The summed E-state index contributed by atoms with van der Waals surface area (Å²) in [7, 11) is 0. The molecular formula is C18H26ClNO3. The number of halogens is 1. The van der Waals surface area contributed by atoms with Gasteiger partial charge >= 0.3 is 5.97 Å². The topological polar surface area (TPSA) is 38.8 Å². The van der Waals surface area contributed by atoms with Gasteiger partial charge in [-0.15, -0.1) is 0 Å². The number of likely N-dealkylation sites (tertiary alicyclic amines) is 1. The lowest BCUT2D eigenvalue weighted by Crippen LogP contribution is -2.39. The minimum atomic E-state index is -0.0505. The number of rotatable bonds is 6. The van der Waals surface area contributed by atoms with Gasteiger partial charge in [0, 0.05) is 6.54 Å². The van der Waals surface area contributed by atoms with Gasteiger partial charge in [0.05, 0.1) is 17.5 Å². The average Bonchev–Trinajstić information content (AvgIpc) is 2.50. The van der Waals surface area contributed by atoms with Crippen LogP contribution in [0.3, 0.4) is 0 Å². The molecule has 0 radical (unpaired) electrons. The smallest absolute Gasteiger partial charge is 0.309 e. The first-order valence-electron chi connectivity index (χ1n) is 8.29. The second-order valence-electron chi connectivity index (χ2n) is 6.11. The van der Waals surface area contributed by atoms with Gasteiger partial charge < -0.3 is 9.47 Å². The second-order valence-corrected chi connectivity index (χ2v) is 6.52. The van der Waals surface area contributed by atoms with Crippen molar-refractivity contribution in [1.82, 2.24) is 4.90 Å². The van der Waals surface area contributed by atoms with Gasteiger partial charge in [-0.25, -0.2) is 0 Å². The SMILES string of the molecule is CCOC(=O)C1CCN(CCOc2c(C)cc(C)cc2Cl)CC1. The Morgan fingerprint density at radius 2 is 2.00 bits per heavy atom. The van der Waals surface area contributed by atoms with Crippen molar-refractivity contribution >= 4 is 17.6 Å². The minimum absolute atomic E-state index is 0.0505. The molecule has 128 valence electrons. The van der Waals surface area contributed by atoms with Crippen molar-refractivity contribution < 1.29 is 14.3 Å². The van der Waals surface area contributed by atoms with Gasteiger partial charge in [0.25, 0.3) is 0 Å². The van der Waals surface area contributed by atoms with Crippen LogP contribution >= 0.6 is 11.6 Å². The third-order valence-electron chi connectivity index (χ3n) is 4.24. The zero-order chi connectivity index (χ0) is 16.8. The van der Waals surface area contributed by atoms with E-state index in [1.165, 1.54) is 0 Å². The van der Waals surface area contributed by atoms with E-state index in [-0.39, 0.29) is 11.9 Å². The van der Waals surface area contributed by atoms with Crippen LogP contribution in [0.5, 0.6) is 5.75 Å². The highest BCUT2D eigenvalue weighted by Crippen LogP contribution is 2.29. The minimum Gasteiger partial charge on any atom is -0.490 e. The summed E-state index contributed by atoms with van der Waals surface area (Å²) in [6, 6.07) is 4.00. The first-order valence-corrected chi connectivity index (χ1v) is 8.67. The Kier molecular flexibility index (Phi) is 6.72. The van der Waals surface area contributed by atoms with Crippen molar-refractivity contribution in [2.45, 2.75) is 33.6 Å².